The molecule has 0 fully saturated rings. The Morgan fingerprint density at radius 3 is 1.48 bits per heavy atom. The van der Waals surface area contributed by atoms with Gasteiger partial charge in [0.1, 0.15) is 5.75 Å². The topological polar surface area (TPSA) is 20.2 Å². The molecule has 1 rings (SSSR count). The van der Waals surface area contributed by atoms with Gasteiger partial charge in [-0.3, -0.25) is 0 Å². The maximum absolute atomic E-state index is 10.6. The van der Waals surface area contributed by atoms with Gasteiger partial charge in [-0.15, -0.1) is 0 Å². The van der Waals surface area contributed by atoms with Crippen molar-refractivity contribution in [3.63, 3.8) is 0 Å². The van der Waals surface area contributed by atoms with Gasteiger partial charge in [0.05, 0.1) is 0 Å². The Balaban J connectivity index is 2.69. The molecule has 0 saturated carbocycles. The van der Waals surface area contributed by atoms with E-state index in [0.717, 1.165) is 12.0 Å². The van der Waals surface area contributed by atoms with Gasteiger partial charge in [-0.25, -0.2) is 0 Å². The van der Waals surface area contributed by atoms with Crippen molar-refractivity contribution in [3.8, 4) is 5.75 Å². The summed E-state index contributed by atoms with van der Waals surface area (Å²) in [7, 11) is 0. The molecule has 1 N–H and O–H groups in total. The molecule has 0 radical (unpaired) electrons. The van der Waals surface area contributed by atoms with Crippen LogP contribution in [0.25, 0.3) is 0 Å². The molecule has 0 aromatic heterocycles. The minimum Gasteiger partial charge on any atom is -0.508 e. The van der Waals surface area contributed by atoms with Gasteiger partial charge in [0, 0.05) is 0 Å². The van der Waals surface area contributed by atoms with Crippen molar-refractivity contribution < 1.29 is 5.11 Å². The van der Waals surface area contributed by atoms with Crippen LogP contribution in [0, 0.1) is 0 Å². The van der Waals surface area contributed by atoms with Gasteiger partial charge >= 0.3 is 0 Å². The van der Waals surface area contributed by atoms with Crippen LogP contribution in [0.1, 0.15) is 128 Å². The molecular formula is C26H46O. The highest BCUT2D eigenvalue weighted by atomic mass is 16.3. The molecule has 0 spiro atoms. The Morgan fingerprint density at radius 1 is 0.630 bits per heavy atom. The van der Waals surface area contributed by atoms with E-state index in [2.05, 4.69) is 46.8 Å². The van der Waals surface area contributed by atoms with E-state index < -0.39 is 0 Å². The van der Waals surface area contributed by atoms with E-state index in [9.17, 15) is 5.11 Å². The molecule has 156 valence electrons. The first-order valence-corrected chi connectivity index (χ1v) is 11.7. The zero-order valence-corrected chi connectivity index (χ0v) is 19.0. The van der Waals surface area contributed by atoms with Crippen molar-refractivity contribution in [1.82, 2.24) is 0 Å². The third-order valence-corrected chi connectivity index (χ3v) is 5.73. The minimum absolute atomic E-state index is 0.00135. The SMILES string of the molecule is CCCCCCCCc1cc(O)c(C(C)(C)C)cc1CCCCCCCC. The predicted molar refractivity (Wildman–Crippen MR) is 121 cm³/mol. The number of phenolic OH excluding ortho intramolecular Hbond substituents is 1. The molecule has 0 bridgehead atoms. The molecule has 27 heavy (non-hydrogen) atoms. The van der Waals surface area contributed by atoms with Crippen molar-refractivity contribution in [2.24, 2.45) is 0 Å². The summed E-state index contributed by atoms with van der Waals surface area (Å²) in [4.78, 5) is 0. The third-order valence-electron chi connectivity index (χ3n) is 5.73. The average Bonchev–Trinajstić information content (AvgIpc) is 2.61. The number of hydrogen-bond donors (Lipinski definition) is 1. The maximum atomic E-state index is 10.6. The minimum atomic E-state index is -0.00135. The molecule has 1 aromatic carbocycles. The first kappa shape index (κ1) is 24.1. The molecule has 0 unspecified atom stereocenters. The van der Waals surface area contributed by atoms with Crippen LogP contribution in [0.15, 0.2) is 12.1 Å². The van der Waals surface area contributed by atoms with E-state index in [1.165, 1.54) is 94.6 Å². The molecule has 0 saturated heterocycles. The van der Waals surface area contributed by atoms with E-state index in [4.69, 9.17) is 0 Å². The highest BCUT2D eigenvalue weighted by molar-refractivity contribution is 5.45. The average molecular weight is 375 g/mol. The second-order valence-corrected chi connectivity index (χ2v) is 9.42. The van der Waals surface area contributed by atoms with Crippen LogP contribution in [0.2, 0.25) is 0 Å². The molecule has 0 aliphatic rings. The number of aryl methyl sites for hydroxylation is 2. The quantitative estimate of drug-likeness (QED) is 0.324. The van der Waals surface area contributed by atoms with E-state index in [1.54, 1.807) is 0 Å². The van der Waals surface area contributed by atoms with Gasteiger partial charge in [0.25, 0.3) is 0 Å². The van der Waals surface area contributed by atoms with Crippen LogP contribution in [0.3, 0.4) is 0 Å². The second-order valence-electron chi connectivity index (χ2n) is 9.42. The lowest BCUT2D eigenvalue weighted by Gasteiger charge is -2.23. The summed E-state index contributed by atoms with van der Waals surface area (Å²) in [5, 5.41) is 10.6. The summed E-state index contributed by atoms with van der Waals surface area (Å²) >= 11 is 0. The smallest absolute Gasteiger partial charge is 0.119 e. The van der Waals surface area contributed by atoms with Crippen molar-refractivity contribution in [2.75, 3.05) is 0 Å². The molecule has 0 aliphatic carbocycles. The van der Waals surface area contributed by atoms with Crippen LogP contribution in [0.5, 0.6) is 5.75 Å². The van der Waals surface area contributed by atoms with E-state index >= 15 is 0 Å². The summed E-state index contributed by atoms with van der Waals surface area (Å²) in [6.07, 6.45) is 18.3. The second kappa shape index (κ2) is 13.2. The Kier molecular flexibility index (Phi) is 11.8. The first-order valence-electron chi connectivity index (χ1n) is 11.7. The predicted octanol–water partition coefficient (Wildman–Crippen LogP) is 8.50. The zero-order chi connectivity index (χ0) is 20.1. The van der Waals surface area contributed by atoms with E-state index in [0.29, 0.717) is 5.75 Å². The zero-order valence-electron chi connectivity index (χ0n) is 19.0. The number of benzene rings is 1. The van der Waals surface area contributed by atoms with Crippen molar-refractivity contribution in [2.45, 2.75) is 130 Å². The summed E-state index contributed by atoms with van der Waals surface area (Å²) < 4.78 is 0. The maximum Gasteiger partial charge on any atom is 0.119 e. The number of rotatable bonds is 14. The van der Waals surface area contributed by atoms with Gasteiger partial charge in [-0.2, -0.15) is 0 Å². The van der Waals surface area contributed by atoms with Crippen molar-refractivity contribution in [1.29, 1.82) is 0 Å². The van der Waals surface area contributed by atoms with Gasteiger partial charge in [0.2, 0.25) is 0 Å². The fraction of sp³-hybridized carbons (Fsp3) is 0.769. The Hall–Kier alpha value is -0.980. The summed E-state index contributed by atoms with van der Waals surface area (Å²) in [6, 6.07) is 4.40. The van der Waals surface area contributed by atoms with Gasteiger partial charge < -0.3 is 5.11 Å². The standard InChI is InChI=1S/C26H46O/c1-6-8-10-12-14-16-18-22-20-24(26(3,4)5)25(27)21-23(22)19-17-15-13-11-9-7-2/h20-21,27H,6-19H2,1-5H3. The van der Waals surface area contributed by atoms with Gasteiger partial charge in [0.15, 0.2) is 0 Å². The monoisotopic (exact) mass is 374 g/mol. The number of hydrogen-bond acceptors (Lipinski definition) is 1. The van der Waals surface area contributed by atoms with Crippen LogP contribution >= 0.6 is 0 Å². The van der Waals surface area contributed by atoms with Crippen molar-refractivity contribution in [3.05, 3.63) is 28.8 Å². The molecule has 0 amide bonds. The molecule has 0 atom stereocenters. The largest absolute Gasteiger partial charge is 0.508 e. The summed E-state index contributed by atoms with van der Waals surface area (Å²) in [6.45, 7) is 11.1. The Labute approximate surface area is 170 Å². The Bertz CT molecular complexity index is 510. The Morgan fingerprint density at radius 2 is 1.04 bits per heavy atom. The van der Waals surface area contributed by atoms with Gasteiger partial charge in [-0.05, 0) is 53.9 Å². The molecule has 1 nitrogen and oxygen atoms in total. The lowest BCUT2D eigenvalue weighted by atomic mass is 9.83. The van der Waals surface area contributed by atoms with E-state index in [-0.39, 0.29) is 5.41 Å². The highest BCUT2D eigenvalue weighted by Crippen LogP contribution is 2.34. The normalized spacial score (nSPS) is 11.9. The molecule has 0 heterocycles. The van der Waals surface area contributed by atoms with Crippen LogP contribution < -0.4 is 0 Å². The molecule has 1 aromatic rings. The van der Waals surface area contributed by atoms with Gasteiger partial charge in [-0.1, -0.05) is 105 Å². The number of phenols is 1. The van der Waals surface area contributed by atoms with Crippen molar-refractivity contribution >= 4 is 0 Å². The highest BCUT2D eigenvalue weighted by Gasteiger charge is 2.20. The number of unbranched alkanes of at least 4 members (excludes halogenated alkanes) is 10. The molecule has 1 heteroatoms. The van der Waals surface area contributed by atoms with Crippen LogP contribution in [0.4, 0.5) is 0 Å². The lowest BCUT2D eigenvalue weighted by molar-refractivity contribution is 0.445. The first-order chi connectivity index (χ1) is 12.9. The van der Waals surface area contributed by atoms with E-state index in [1.807, 2.05) is 0 Å². The summed E-state index contributed by atoms with van der Waals surface area (Å²) in [5.41, 5.74) is 3.99. The third kappa shape index (κ3) is 9.67. The molecule has 0 aliphatic heterocycles. The molecular weight excluding hydrogens is 328 g/mol. The van der Waals surface area contributed by atoms with Crippen LogP contribution in [-0.4, -0.2) is 5.11 Å². The lowest BCUT2D eigenvalue weighted by Crippen LogP contribution is -2.13. The number of aromatic hydroxyl groups is 1. The summed E-state index contributed by atoms with van der Waals surface area (Å²) in [5.74, 6) is 0.496. The fourth-order valence-electron chi connectivity index (χ4n) is 3.93. The fourth-order valence-corrected chi connectivity index (χ4v) is 3.93. The van der Waals surface area contributed by atoms with Crippen LogP contribution in [-0.2, 0) is 18.3 Å².